The summed E-state index contributed by atoms with van der Waals surface area (Å²) < 4.78 is 6.39. The first kappa shape index (κ1) is 35.7. The van der Waals surface area contributed by atoms with Gasteiger partial charge in [0.1, 0.15) is 0 Å². The summed E-state index contributed by atoms with van der Waals surface area (Å²) in [4.78, 5) is 17.3. The maximum Gasteiger partial charge on any atom is 0.281 e. The van der Waals surface area contributed by atoms with Crippen LogP contribution in [0.2, 0.25) is 0 Å². The molecule has 4 nitrogen and oxygen atoms in total. The first-order chi connectivity index (χ1) is 17.5. The summed E-state index contributed by atoms with van der Waals surface area (Å²) in [6, 6.07) is 0.406. The molecule has 36 heavy (non-hydrogen) atoms. The number of nitrogens with zero attached hydrogens (tertiary/aromatic N) is 2. The molecule has 5 heteroatoms. The molecule has 0 spiro atoms. The van der Waals surface area contributed by atoms with E-state index in [9.17, 15) is 4.79 Å². The van der Waals surface area contributed by atoms with Crippen LogP contribution in [0, 0.1) is 0 Å². The number of thioether (sulfide) groups is 1. The Morgan fingerprint density at radius 2 is 1.17 bits per heavy atom. The van der Waals surface area contributed by atoms with Gasteiger partial charge in [0.25, 0.3) is 5.24 Å². The molecule has 0 aromatic carbocycles. The van der Waals surface area contributed by atoms with Crippen LogP contribution in [-0.4, -0.2) is 66.7 Å². The zero-order valence-electron chi connectivity index (χ0n) is 25.3. The van der Waals surface area contributed by atoms with Gasteiger partial charge in [0.05, 0.1) is 6.10 Å². The van der Waals surface area contributed by atoms with Crippen molar-refractivity contribution in [2.24, 2.45) is 0 Å². The number of ether oxygens (including phenoxy) is 1. The van der Waals surface area contributed by atoms with Crippen molar-refractivity contribution >= 4 is 17.0 Å². The molecule has 216 valence electrons. The van der Waals surface area contributed by atoms with Crippen LogP contribution < -0.4 is 0 Å². The fourth-order valence-electron chi connectivity index (χ4n) is 4.40. The lowest BCUT2D eigenvalue weighted by Crippen LogP contribution is -2.33. The number of hydrogen-bond donors (Lipinski definition) is 0. The molecule has 0 aliphatic rings. The Hall–Kier alpha value is -0.260. The molecule has 0 aliphatic heterocycles. The van der Waals surface area contributed by atoms with E-state index < -0.39 is 0 Å². The largest absolute Gasteiger partial charge is 0.378 e. The first-order valence-corrected chi connectivity index (χ1v) is 16.6. The van der Waals surface area contributed by atoms with Crippen LogP contribution >= 0.6 is 11.8 Å². The zero-order chi connectivity index (χ0) is 26.9. The van der Waals surface area contributed by atoms with Gasteiger partial charge in [-0.05, 0) is 46.7 Å². The molecule has 0 N–H and O–H groups in total. The van der Waals surface area contributed by atoms with E-state index in [1.54, 1.807) is 0 Å². The van der Waals surface area contributed by atoms with Gasteiger partial charge >= 0.3 is 0 Å². The predicted molar refractivity (Wildman–Crippen MR) is 162 cm³/mol. The third-order valence-electron chi connectivity index (χ3n) is 7.30. The van der Waals surface area contributed by atoms with E-state index in [1.165, 1.54) is 114 Å². The second kappa shape index (κ2) is 26.4. The van der Waals surface area contributed by atoms with Crippen LogP contribution in [0.4, 0.5) is 4.79 Å². The van der Waals surface area contributed by atoms with Crippen molar-refractivity contribution in [3.05, 3.63) is 0 Å². The lowest BCUT2D eigenvalue weighted by Gasteiger charge is -2.25. The monoisotopic (exact) mass is 528 g/mol. The molecule has 0 saturated carbocycles. The van der Waals surface area contributed by atoms with E-state index >= 15 is 0 Å². The lowest BCUT2D eigenvalue weighted by molar-refractivity contribution is 0.0342. The molecule has 0 bridgehead atoms. The molecule has 1 amide bonds. The summed E-state index contributed by atoms with van der Waals surface area (Å²) in [6.45, 7) is 11.5. The molecule has 0 fully saturated rings. The van der Waals surface area contributed by atoms with Gasteiger partial charge in [-0.25, -0.2) is 0 Å². The Kier molecular flexibility index (Phi) is 26.2. The van der Waals surface area contributed by atoms with Crippen LogP contribution in [0.3, 0.4) is 0 Å². The molecule has 0 rings (SSSR count). The summed E-state index contributed by atoms with van der Waals surface area (Å²) in [5.74, 6) is 0.855. The third-order valence-corrected chi connectivity index (χ3v) is 8.46. The van der Waals surface area contributed by atoms with E-state index in [0.29, 0.717) is 12.1 Å². The van der Waals surface area contributed by atoms with Crippen molar-refractivity contribution in [1.82, 2.24) is 9.80 Å². The molecular weight excluding hydrogens is 464 g/mol. The Morgan fingerprint density at radius 3 is 1.69 bits per heavy atom. The summed E-state index contributed by atoms with van der Waals surface area (Å²) in [7, 11) is 4.18. The molecule has 1 unspecified atom stereocenters. The van der Waals surface area contributed by atoms with Crippen LogP contribution in [0.5, 0.6) is 0 Å². The number of hydrogen-bond acceptors (Lipinski definition) is 4. The SMILES string of the molecule is CCCCCCCCCN(CCCOC(CCCCCC)CCCCCC)C(=O)SCC(C)N(C)C. The van der Waals surface area contributed by atoms with Crippen molar-refractivity contribution in [3.8, 4) is 0 Å². The highest BCUT2D eigenvalue weighted by molar-refractivity contribution is 8.13. The fourth-order valence-corrected chi connectivity index (χ4v) is 5.45. The normalized spacial score (nSPS) is 12.6. The van der Waals surface area contributed by atoms with Gasteiger partial charge in [-0.1, -0.05) is 122 Å². The average molecular weight is 529 g/mol. The highest BCUT2D eigenvalue weighted by atomic mass is 32.2. The molecule has 0 aromatic heterocycles. The van der Waals surface area contributed by atoms with Crippen LogP contribution in [0.25, 0.3) is 0 Å². The minimum atomic E-state index is 0.255. The third kappa shape index (κ3) is 21.8. The van der Waals surface area contributed by atoms with Crippen molar-refractivity contribution in [2.45, 2.75) is 155 Å². The maximum absolute atomic E-state index is 13.0. The summed E-state index contributed by atoms with van der Waals surface area (Å²) in [5, 5.41) is 0.255. The second-order valence-corrected chi connectivity index (χ2v) is 12.0. The summed E-state index contributed by atoms with van der Waals surface area (Å²) in [5.41, 5.74) is 0. The highest BCUT2D eigenvalue weighted by Gasteiger charge is 2.17. The smallest absolute Gasteiger partial charge is 0.281 e. The van der Waals surface area contributed by atoms with Crippen LogP contribution in [-0.2, 0) is 4.74 Å². The predicted octanol–water partition coefficient (Wildman–Crippen LogP) is 9.56. The molecule has 1 atom stereocenters. The number of rotatable bonds is 26. The van der Waals surface area contributed by atoms with E-state index in [0.717, 1.165) is 38.3 Å². The van der Waals surface area contributed by atoms with E-state index in [-0.39, 0.29) is 5.24 Å². The molecule has 0 aliphatic carbocycles. The number of unbranched alkanes of at least 4 members (excludes halogenated alkanes) is 12. The number of carbonyl (C=O) groups excluding carboxylic acids is 1. The van der Waals surface area contributed by atoms with Gasteiger partial charge in [-0.2, -0.15) is 0 Å². The minimum Gasteiger partial charge on any atom is -0.378 e. The van der Waals surface area contributed by atoms with Crippen molar-refractivity contribution in [3.63, 3.8) is 0 Å². The highest BCUT2D eigenvalue weighted by Crippen LogP contribution is 2.18. The van der Waals surface area contributed by atoms with Gasteiger partial charge in [-0.15, -0.1) is 0 Å². The summed E-state index contributed by atoms with van der Waals surface area (Å²) >= 11 is 1.50. The molecule has 0 radical (unpaired) electrons. The number of carbonyl (C=O) groups is 1. The lowest BCUT2D eigenvalue weighted by atomic mass is 10.0. The van der Waals surface area contributed by atoms with E-state index in [1.807, 2.05) is 0 Å². The quantitative estimate of drug-likeness (QED) is 0.105. The number of amides is 1. The molecular formula is C31H64N2O2S. The van der Waals surface area contributed by atoms with Gasteiger partial charge in [0.2, 0.25) is 0 Å². The molecule has 0 saturated heterocycles. The maximum atomic E-state index is 13.0. The standard InChI is InChI=1S/C31H64N2O2S/c1-7-10-13-16-17-18-21-25-33(31(34)36-28-29(4)32(5)6)26-22-27-35-30(23-19-14-11-8-2)24-20-15-12-9-3/h29-30H,7-28H2,1-6H3. The summed E-state index contributed by atoms with van der Waals surface area (Å²) in [6.07, 6.45) is 23.2. The van der Waals surface area contributed by atoms with Crippen LogP contribution in [0.15, 0.2) is 0 Å². The Morgan fingerprint density at radius 1 is 0.694 bits per heavy atom. The van der Waals surface area contributed by atoms with Gasteiger partial charge in [0, 0.05) is 31.5 Å². The van der Waals surface area contributed by atoms with Gasteiger partial charge in [-0.3, -0.25) is 4.79 Å². The Bertz CT molecular complexity index is 463. The topological polar surface area (TPSA) is 32.8 Å². The Balaban J connectivity index is 4.57. The molecule has 0 aromatic rings. The van der Waals surface area contributed by atoms with Crippen LogP contribution in [0.1, 0.15) is 143 Å². The van der Waals surface area contributed by atoms with E-state index in [2.05, 4.69) is 51.6 Å². The Labute approximate surface area is 231 Å². The van der Waals surface area contributed by atoms with E-state index in [4.69, 9.17) is 4.74 Å². The molecule has 0 heterocycles. The van der Waals surface area contributed by atoms with Gasteiger partial charge in [0.15, 0.2) is 0 Å². The first-order valence-electron chi connectivity index (χ1n) is 15.7. The zero-order valence-corrected chi connectivity index (χ0v) is 26.1. The average Bonchev–Trinajstić information content (AvgIpc) is 2.87. The van der Waals surface area contributed by atoms with Crippen molar-refractivity contribution < 1.29 is 9.53 Å². The second-order valence-electron chi connectivity index (χ2n) is 11.0. The van der Waals surface area contributed by atoms with Gasteiger partial charge < -0.3 is 14.5 Å². The fraction of sp³-hybridized carbons (Fsp3) is 0.968. The van der Waals surface area contributed by atoms with Crippen molar-refractivity contribution in [2.75, 3.05) is 39.5 Å². The minimum absolute atomic E-state index is 0.255. The van der Waals surface area contributed by atoms with Crippen molar-refractivity contribution in [1.29, 1.82) is 0 Å².